The largest absolute Gasteiger partial charge is 0.746 e. The maximum atomic E-state index is 5.75. The van der Waals surface area contributed by atoms with Crippen LogP contribution in [0.15, 0.2) is 33.8 Å². The molecule has 0 radical (unpaired) electrons. The number of nitrogens with one attached hydrogen (secondary N) is 3. The predicted molar refractivity (Wildman–Crippen MR) is 102 cm³/mol. The second-order valence-electron chi connectivity index (χ2n) is 6.42. The second-order valence-corrected chi connectivity index (χ2v) is 8.32. The molecule has 0 saturated heterocycles. The minimum Gasteiger partial charge on any atom is -0.348 e. The van der Waals surface area contributed by atoms with Crippen LogP contribution in [-0.4, -0.2) is 15.7 Å². The highest BCUT2D eigenvalue weighted by molar-refractivity contribution is 6.53. The van der Waals surface area contributed by atoms with Crippen molar-refractivity contribution in [3.8, 4) is 0 Å². The molecule has 0 aromatic heterocycles. The van der Waals surface area contributed by atoms with Gasteiger partial charge in [0.2, 0.25) is 0 Å². The van der Waals surface area contributed by atoms with Gasteiger partial charge < -0.3 is 4.43 Å². The molecule has 0 atom stereocenters. The fourth-order valence-electron chi connectivity index (χ4n) is 1.05. The molecule has 25 heavy (non-hydrogen) atoms. The van der Waals surface area contributed by atoms with E-state index in [1.54, 1.807) is 0 Å². The summed E-state index contributed by atoms with van der Waals surface area (Å²) in [7, 11) is -3.56. The first-order valence-corrected chi connectivity index (χ1v) is 10.1. The first-order chi connectivity index (χ1) is 11.5. The molecule has 0 unspecified atom stereocenters. The Morgan fingerprint density at radius 3 is 1.08 bits per heavy atom. The molecule has 0 bridgehead atoms. The third-order valence-corrected chi connectivity index (χ3v) is 5.26. The third-order valence-electron chi connectivity index (χ3n) is 3.56. The molecule has 0 aliphatic carbocycles. The Bertz CT molecular complexity index is 449. The highest BCUT2D eigenvalue weighted by Crippen LogP contribution is 2.13. The average molecular weight is 374 g/mol. The Labute approximate surface area is 153 Å². The number of hydroxylamine groups is 3. The topological polar surface area (TPSA) is 73.0 Å². The summed E-state index contributed by atoms with van der Waals surface area (Å²) in [6.07, 6.45) is 0. The van der Waals surface area contributed by atoms with Crippen molar-refractivity contribution in [1.29, 1.82) is 0 Å². The fourth-order valence-corrected chi connectivity index (χ4v) is 2.54. The van der Waals surface area contributed by atoms with E-state index in [-0.39, 0.29) is 0 Å². The molecule has 8 heteroatoms. The summed E-state index contributed by atoms with van der Waals surface area (Å²) in [5, 5.41) is 0. The lowest BCUT2D eigenvalue weighted by Gasteiger charge is -2.28. The molecule has 7 nitrogen and oxygen atoms in total. The molecule has 0 aromatic rings. The van der Waals surface area contributed by atoms with Crippen molar-refractivity contribution in [2.45, 2.75) is 69.2 Å². The first kappa shape index (κ1) is 23.7. The van der Waals surface area contributed by atoms with Crippen LogP contribution in [0.5, 0.6) is 0 Å². The molecule has 0 fully saturated rings. The van der Waals surface area contributed by atoms with Crippen LogP contribution in [0.25, 0.3) is 0 Å². The Morgan fingerprint density at radius 1 is 0.600 bits per heavy atom. The molecule has 0 aromatic carbocycles. The highest BCUT2D eigenvalue weighted by Gasteiger charge is 2.50. The van der Waals surface area contributed by atoms with Gasteiger partial charge >= 0.3 is 9.05 Å². The van der Waals surface area contributed by atoms with Crippen molar-refractivity contribution in [2.75, 3.05) is 6.61 Å². The SMILES string of the molecule is CCO[Si](ONC(C)=C(C)C)(ONC(C)=C(C)C)ONC(C)=C(C)C. The summed E-state index contributed by atoms with van der Waals surface area (Å²) in [5.41, 5.74) is 14.4. The van der Waals surface area contributed by atoms with E-state index in [1.807, 2.05) is 69.2 Å². The van der Waals surface area contributed by atoms with E-state index in [0.29, 0.717) is 6.61 Å². The van der Waals surface area contributed by atoms with Gasteiger partial charge in [-0.1, -0.05) is 16.7 Å². The second kappa shape index (κ2) is 11.3. The Kier molecular flexibility index (Phi) is 10.7. The quantitative estimate of drug-likeness (QED) is 0.374. The van der Waals surface area contributed by atoms with Crippen LogP contribution in [0.4, 0.5) is 0 Å². The van der Waals surface area contributed by atoms with Gasteiger partial charge in [-0.25, -0.2) is 13.6 Å². The van der Waals surface area contributed by atoms with Gasteiger partial charge in [-0.15, -0.1) is 0 Å². The molecule has 0 aliphatic rings. The van der Waals surface area contributed by atoms with E-state index in [1.165, 1.54) is 0 Å². The smallest absolute Gasteiger partial charge is 0.348 e. The van der Waals surface area contributed by atoms with Crippen LogP contribution in [0.2, 0.25) is 0 Å². The Balaban J connectivity index is 5.39. The van der Waals surface area contributed by atoms with Crippen molar-refractivity contribution >= 4 is 9.05 Å². The van der Waals surface area contributed by atoms with E-state index in [0.717, 1.165) is 33.8 Å². The predicted octanol–water partition coefficient (Wildman–Crippen LogP) is 3.96. The molecule has 0 amide bonds. The molecule has 0 aliphatic heterocycles. The van der Waals surface area contributed by atoms with Gasteiger partial charge in [0.05, 0.1) is 0 Å². The molecule has 0 spiro atoms. The van der Waals surface area contributed by atoms with Gasteiger partial charge in [-0.3, -0.25) is 16.4 Å². The van der Waals surface area contributed by atoms with Crippen LogP contribution >= 0.6 is 0 Å². The van der Waals surface area contributed by atoms with Crippen molar-refractivity contribution in [3.63, 3.8) is 0 Å². The average Bonchev–Trinajstić information content (AvgIpc) is 2.54. The van der Waals surface area contributed by atoms with E-state index >= 15 is 0 Å². The Morgan fingerprint density at radius 2 is 0.880 bits per heavy atom. The summed E-state index contributed by atoms with van der Waals surface area (Å²) in [6, 6.07) is 0. The lowest BCUT2D eigenvalue weighted by molar-refractivity contribution is -0.0901. The molecule has 0 rings (SSSR count). The first-order valence-electron chi connectivity index (χ1n) is 8.42. The van der Waals surface area contributed by atoms with Crippen molar-refractivity contribution < 1.29 is 18.0 Å². The summed E-state index contributed by atoms with van der Waals surface area (Å²) in [4.78, 5) is 0. The molecule has 0 heterocycles. The number of rotatable bonds is 11. The maximum absolute atomic E-state index is 5.75. The third kappa shape index (κ3) is 9.08. The number of hydrogen-bond acceptors (Lipinski definition) is 7. The molecular formula is C17H35N3O4Si. The fraction of sp³-hybridized carbons (Fsp3) is 0.647. The minimum absolute atomic E-state index is 0.368. The highest BCUT2D eigenvalue weighted by atomic mass is 28.4. The summed E-state index contributed by atoms with van der Waals surface area (Å²) in [6.45, 7) is 19.8. The standard InChI is InChI=1S/C17H35N3O4Si/c1-11-21-25(22-18-15(8)12(2)3,23-19-16(9)13(4)5)24-20-17(10)14(6)7/h18-20H,11H2,1-10H3. The van der Waals surface area contributed by atoms with E-state index < -0.39 is 9.05 Å². The zero-order valence-corrected chi connectivity index (χ0v) is 18.3. The van der Waals surface area contributed by atoms with Crippen molar-refractivity contribution in [3.05, 3.63) is 33.8 Å². The van der Waals surface area contributed by atoms with E-state index in [9.17, 15) is 0 Å². The minimum atomic E-state index is -3.56. The van der Waals surface area contributed by atoms with Crippen LogP contribution in [0, 0.1) is 0 Å². The number of allylic oxidation sites excluding steroid dienone is 6. The van der Waals surface area contributed by atoms with Gasteiger partial charge in [0.1, 0.15) is 0 Å². The van der Waals surface area contributed by atoms with Crippen LogP contribution in [0.1, 0.15) is 69.2 Å². The van der Waals surface area contributed by atoms with Crippen LogP contribution < -0.4 is 16.4 Å². The monoisotopic (exact) mass is 373 g/mol. The number of hydrogen-bond donors (Lipinski definition) is 3. The molecular weight excluding hydrogens is 338 g/mol. The van der Waals surface area contributed by atoms with Gasteiger partial charge in [-0.2, -0.15) is 0 Å². The van der Waals surface area contributed by atoms with E-state index in [4.69, 9.17) is 18.0 Å². The summed E-state index contributed by atoms with van der Waals surface area (Å²) < 4.78 is 23.0. The zero-order chi connectivity index (χ0) is 19.6. The van der Waals surface area contributed by atoms with Gasteiger partial charge in [-0.05, 0) is 69.2 Å². The van der Waals surface area contributed by atoms with Gasteiger partial charge in [0, 0.05) is 23.7 Å². The Hall–Kier alpha value is -1.32. The summed E-state index contributed by atoms with van der Waals surface area (Å²) in [5.74, 6) is 0. The van der Waals surface area contributed by atoms with Crippen molar-refractivity contribution in [1.82, 2.24) is 16.4 Å². The van der Waals surface area contributed by atoms with Crippen LogP contribution in [0.3, 0.4) is 0 Å². The van der Waals surface area contributed by atoms with Gasteiger partial charge in [0.15, 0.2) is 0 Å². The molecule has 3 N–H and O–H groups in total. The lowest BCUT2D eigenvalue weighted by Crippen LogP contribution is -2.57. The van der Waals surface area contributed by atoms with Gasteiger partial charge in [0.25, 0.3) is 0 Å². The van der Waals surface area contributed by atoms with Crippen LogP contribution in [-0.2, 0) is 18.0 Å². The van der Waals surface area contributed by atoms with E-state index in [2.05, 4.69) is 16.4 Å². The molecule has 0 saturated carbocycles. The summed E-state index contributed by atoms with van der Waals surface area (Å²) >= 11 is 0. The van der Waals surface area contributed by atoms with Crippen molar-refractivity contribution in [2.24, 2.45) is 0 Å². The maximum Gasteiger partial charge on any atom is 0.746 e. The normalized spacial score (nSPS) is 10.8. The zero-order valence-electron chi connectivity index (χ0n) is 17.3. The molecule has 146 valence electrons. The lowest BCUT2D eigenvalue weighted by atomic mass is 10.3.